The fraction of sp³-hybridized carbons (Fsp3) is 0.464. The number of hydrogen-bond acceptors (Lipinski definition) is 8. The number of benzene rings is 2. The quantitative estimate of drug-likeness (QED) is 0.136. The number of Topliss-reactive ketones (excluding diaryl/α,β-unsaturated/α-hetero) is 1. The highest BCUT2D eigenvalue weighted by molar-refractivity contribution is 7.92. The number of hydrogen-bond donors (Lipinski definition) is 3. The van der Waals surface area contributed by atoms with Gasteiger partial charge in [-0.15, -0.1) is 0 Å². The maximum Gasteiger partial charge on any atom is 0.416 e. The molecule has 0 bridgehead atoms. The van der Waals surface area contributed by atoms with Gasteiger partial charge in [-0.05, 0) is 56.5 Å². The second-order valence-electron chi connectivity index (χ2n) is 10.8. The van der Waals surface area contributed by atoms with Gasteiger partial charge in [-0.3, -0.25) is 19.6 Å². The van der Waals surface area contributed by atoms with E-state index >= 15 is 0 Å². The number of anilines is 1. The zero-order valence-corrected chi connectivity index (χ0v) is 25.3. The van der Waals surface area contributed by atoms with Crippen LogP contribution in [0.15, 0.2) is 35.2 Å². The summed E-state index contributed by atoms with van der Waals surface area (Å²) >= 11 is 0. The van der Waals surface area contributed by atoms with Gasteiger partial charge < -0.3 is 19.7 Å². The van der Waals surface area contributed by atoms with Crippen LogP contribution >= 0.6 is 0 Å². The Morgan fingerprint density at radius 2 is 1.50 bits per heavy atom. The van der Waals surface area contributed by atoms with E-state index < -0.39 is 61.4 Å². The van der Waals surface area contributed by atoms with Gasteiger partial charge in [0.15, 0.2) is 5.78 Å². The van der Waals surface area contributed by atoms with Gasteiger partial charge in [-0.2, -0.15) is 26.3 Å². The van der Waals surface area contributed by atoms with Crippen molar-refractivity contribution in [1.29, 1.82) is 0 Å². The fourth-order valence-corrected chi connectivity index (χ4v) is 6.41. The Kier molecular flexibility index (Phi) is 9.82. The molecule has 2 aromatic rings. The van der Waals surface area contributed by atoms with Gasteiger partial charge in [0.25, 0.3) is 15.9 Å². The number of carbonyl (C=O) groups is 3. The topological polar surface area (TPSA) is 143 Å². The van der Waals surface area contributed by atoms with Crippen LogP contribution in [0.3, 0.4) is 0 Å². The zero-order valence-electron chi connectivity index (χ0n) is 24.5. The van der Waals surface area contributed by atoms with Crippen molar-refractivity contribution >= 4 is 33.4 Å². The number of ether oxygens (including phenoxy) is 2. The van der Waals surface area contributed by atoms with E-state index in [9.17, 15) is 49.1 Å². The summed E-state index contributed by atoms with van der Waals surface area (Å²) in [5.41, 5.74) is -5.05. The van der Waals surface area contributed by atoms with E-state index in [2.05, 4.69) is 15.5 Å². The van der Waals surface area contributed by atoms with E-state index in [1.54, 1.807) is 0 Å². The van der Waals surface area contributed by atoms with Gasteiger partial charge >= 0.3 is 18.4 Å². The molecule has 2 aliphatic rings. The Hall–Kier alpha value is -4.06. The lowest BCUT2D eigenvalue weighted by atomic mass is 9.87. The molecule has 0 unspecified atom stereocenters. The van der Waals surface area contributed by atoms with E-state index in [0.29, 0.717) is 45.3 Å². The van der Waals surface area contributed by atoms with Crippen molar-refractivity contribution in [2.24, 2.45) is 0 Å². The number of imide groups is 1. The van der Waals surface area contributed by atoms with Crippen LogP contribution in [0.5, 0.6) is 11.5 Å². The number of nitrogens with one attached hydrogen (secondary N) is 3. The van der Waals surface area contributed by atoms with Crippen LogP contribution < -0.4 is 24.8 Å². The standard InChI is InChI=1S/C28H30F6N4O7S/c1-44-22-15-23(45-2)20(37-46(42,43)18-12-16(27(29,30)31)11-17(13-18)28(32,33)34)14-19(22)21(39)5-3-4-8-38-9-6-26(7-10-38)24(40)35-25(41)36-26/h11-15,37H,3-10H2,1-2H3,(H2,35,36,40,41). The van der Waals surface area contributed by atoms with Gasteiger partial charge in [0.2, 0.25) is 0 Å². The molecule has 0 aromatic heterocycles. The van der Waals surface area contributed by atoms with Crippen molar-refractivity contribution in [2.75, 3.05) is 38.6 Å². The Balaban J connectivity index is 1.47. The molecule has 252 valence electrons. The van der Waals surface area contributed by atoms with E-state index in [0.717, 1.165) is 13.2 Å². The number of alkyl halides is 6. The first kappa shape index (κ1) is 34.8. The van der Waals surface area contributed by atoms with Crippen LogP contribution in [-0.4, -0.2) is 70.4 Å². The van der Waals surface area contributed by atoms with Crippen molar-refractivity contribution in [2.45, 2.75) is 54.9 Å². The maximum absolute atomic E-state index is 13.3. The molecule has 0 atom stereocenters. The predicted molar refractivity (Wildman–Crippen MR) is 150 cm³/mol. The Morgan fingerprint density at radius 3 is 2.00 bits per heavy atom. The number of piperidine rings is 1. The number of rotatable bonds is 11. The van der Waals surface area contributed by atoms with Crippen LogP contribution in [0.1, 0.15) is 53.6 Å². The zero-order chi connectivity index (χ0) is 34.1. The molecule has 4 rings (SSSR count). The number of likely N-dealkylation sites (tertiary alicyclic amines) is 1. The highest BCUT2D eigenvalue weighted by Gasteiger charge is 2.47. The Morgan fingerprint density at radius 1 is 0.913 bits per heavy atom. The summed E-state index contributed by atoms with van der Waals surface area (Å²) in [6.07, 6.45) is -8.71. The molecule has 0 aliphatic carbocycles. The van der Waals surface area contributed by atoms with Crippen LogP contribution in [-0.2, 0) is 27.2 Å². The van der Waals surface area contributed by atoms with Gasteiger partial charge in [-0.1, -0.05) is 0 Å². The normalized spacial score (nSPS) is 17.0. The van der Waals surface area contributed by atoms with Crippen LogP contribution in [0.25, 0.3) is 0 Å². The SMILES string of the molecule is COc1cc(OC)c(C(=O)CCCCN2CCC3(CC2)NC(=O)NC3=O)cc1NS(=O)(=O)c1cc(C(F)(F)F)cc(C(F)(F)F)c1. The van der Waals surface area contributed by atoms with Crippen LogP contribution in [0.2, 0.25) is 0 Å². The van der Waals surface area contributed by atoms with Gasteiger partial charge in [-0.25, -0.2) is 13.2 Å². The number of methoxy groups -OCH3 is 2. The number of urea groups is 1. The lowest BCUT2D eigenvalue weighted by molar-refractivity contribution is -0.143. The summed E-state index contributed by atoms with van der Waals surface area (Å²) in [7, 11) is -2.68. The van der Waals surface area contributed by atoms with Crippen molar-refractivity contribution in [3.8, 4) is 11.5 Å². The lowest BCUT2D eigenvalue weighted by Crippen LogP contribution is -2.54. The smallest absolute Gasteiger partial charge is 0.416 e. The van der Waals surface area contributed by atoms with E-state index in [-0.39, 0.29) is 47.6 Å². The number of amides is 3. The first-order chi connectivity index (χ1) is 21.4. The van der Waals surface area contributed by atoms with Gasteiger partial charge in [0.05, 0.1) is 41.5 Å². The maximum atomic E-state index is 13.3. The molecule has 3 N–H and O–H groups in total. The third-order valence-electron chi connectivity index (χ3n) is 7.79. The number of carbonyl (C=O) groups excluding carboxylic acids is 3. The van der Waals surface area contributed by atoms with Crippen molar-refractivity contribution in [1.82, 2.24) is 15.5 Å². The van der Waals surface area contributed by atoms with Crippen molar-refractivity contribution < 1.29 is 58.6 Å². The van der Waals surface area contributed by atoms with E-state index in [1.165, 1.54) is 13.2 Å². The molecule has 2 aromatic carbocycles. The first-order valence-corrected chi connectivity index (χ1v) is 15.3. The molecular weight excluding hydrogens is 650 g/mol. The predicted octanol–water partition coefficient (Wildman–Crippen LogP) is 4.57. The number of sulfonamides is 1. The molecule has 2 heterocycles. The van der Waals surface area contributed by atoms with Crippen LogP contribution in [0, 0.1) is 0 Å². The summed E-state index contributed by atoms with van der Waals surface area (Å²) in [5.74, 6) is -1.03. The lowest BCUT2D eigenvalue weighted by Gasteiger charge is -2.36. The van der Waals surface area contributed by atoms with Gasteiger partial charge in [0, 0.05) is 25.6 Å². The second kappa shape index (κ2) is 13.0. The summed E-state index contributed by atoms with van der Waals surface area (Å²) < 4.78 is 118. The Labute approximate surface area is 259 Å². The minimum atomic E-state index is -5.27. The largest absolute Gasteiger partial charge is 0.496 e. The average Bonchev–Trinajstić information content (AvgIpc) is 3.26. The highest BCUT2D eigenvalue weighted by Crippen LogP contribution is 2.39. The molecule has 2 saturated heterocycles. The summed E-state index contributed by atoms with van der Waals surface area (Å²) in [6, 6.07) is 1.63. The molecule has 3 amide bonds. The molecule has 1 spiro atoms. The fourth-order valence-electron chi connectivity index (χ4n) is 5.28. The summed E-state index contributed by atoms with van der Waals surface area (Å²) in [4.78, 5) is 37.6. The number of nitrogens with zero attached hydrogens (tertiary/aromatic N) is 1. The summed E-state index contributed by atoms with van der Waals surface area (Å²) in [5, 5.41) is 4.92. The first-order valence-electron chi connectivity index (χ1n) is 13.9. The molecule has 2 aliphatic heterocycles. The molecule has 0 saturated carbocycles. The highest BCUT2D eigenvalue weighted by atomic mass is 32.2. The van der Waals surface area contributed by atoms with E-state index in [1.807, 2.05) is 4.72 Å². The number of halogens is 6. The average molecular weight is 681 g/mol. The molecule has 2 fully saturated rings. The minimum absolute atomic E-state index is 0.00133. The molecule has 0 radical (unpaired) electrons. The monoisotopic (exact) mass is 680 g/mol. The Bertz CT molecular complexity index is 1590. The molecular formula is C28H30F6N4O7S. The molecule has 18 heteroatoms. The number of unbranched alkanes of at least 4 members (excludes halogenated alkanes) is 1. The second-order valence-corrected chi connectivity index (χ2v) is 12.5. The van der Waals surface area contributed by atoms with E-state index in [4.69, 9.17) is 9.47 Å². The minimum Gasteiger partial charge on any atom is -0.496 e. The van der Waals surface area contributed by atoms with Crippen molar-refractivity contribution in [3.63, 3.8) is 0 Å². The number of ketones is 1. The summed E-state index contributed by atoms with van der Waals surface area (Å²) in [6.45, 7) is 1.70. The third-order valence-corrected chi connectivity index (χ3v) is 9.14. The molecule has 46 heavy (non-hydrogen) atoms. The third kappa shape index (κ3) is 7.66. The van der Waals surface area contributed by atoms with Crippen molar-refractivity contribution in [3.05, 3.63) is 47.0 Å². The van der Waals surface area contributed by atoms with Crippen LogP contribution in [0.4, 0.5) is 36.8 Å². The molecule has 11 nitrogen and oxygen atoms in total. The van der Waals surface area contributed by atoms with Gasteiger partial charge in [0.1, 0.15) is 17.0 Å².